The van der Waals surface area contributed by atoms with Crippen molar-refractivity contribution in [3.63, 3.8) is 0 Å². The van der Waals surface area contributed by atoms with Crippen LogP contribution in [-0.2, 0) is 28.6 Å². The minimum Gasteiger partial charge on any atom is -0.452 e. The smallest absolute Gasteiger partial charge is 0.412 e. The van der Waals surface area contributed by atoms with E-state index in [-0.39, 0.29) is 35.8 Å². The first-order valence-electron chi connectivity index (χ1n) is 19.0. The Morgan fingerprint density at radius 3 is 1.48 bits per heavy atom. The zero-order valence-electron chi connectivity index (χ0n) is 33.0. The van der Waals surface area contributed by atoms with Gasteiger partial charge in [0, 0.05) is 89.5 Å². The molecule has 0 spiro atoms. The Morgan fingerprint density at radius 2 is 1.10 bits per heavy atom. The second kappa shape index (κ2) is 21.2. The Bertz CT molecular complexity index is 2260. The van der Waals surface area contributed by atoms with E-state index in [0.717, 1.165) is 26.1 Å². The highest BCUT2D eigenvalue weighted by Gasteiger charge is 2.46. The van der Waals surface area contributed by atoms with Crippen LogP contribution in [0.15, 0.2) is 61.4 Å². The molecule has 0 bridgehead atoms. The molecule has 4 amide bonds. The molecular weight excluding hydrogens is 855 g/mol. The van der Waals surface area contributed by atoms with Gasteiger partial charge in [-0.1, -0.05) is 30.1 Å². The molecule has 4 aliphatic rings. The van der Waals surface area contributed by atoms with Crippen LogP contribution in [0.3, 0.4) is 0 Å². The molecule has 4 aliphatic heterocycles. The molecule has 22 nitrogen and oxygen atoms in total. The predicted octanol–water partition coefficient (Wildman–Crippen LogP) is 2.83. The second-order valence-electron chi connectivity index (χ2n) is 13.5. The van der Waals surface area contributed by atoms with E-state index in [4.69, 9.17) is 47.0 Å². The summed E-state index contributed by atoms with van der Waals surface area (Å²) in [6.45, 7) is 8.25. The van der Waals surface area contributed by atoms with Gasteiger partial charge in [0.15, 0.2) is 11.4 Å². The van der Waals surface area contributed by atoms with Crippen LogP contribution >= 0.6 is 23.2 Å². The Balaban J connectivity index is 0.000000195. The third-order valence-electron chi connectivity index (χ3n) is 9.70. The lowest BCUT2D eigenvalue weighted by molar-refractivity contribution is -0.191. The Kier molecular flexibility index (Phi) is 15.3. The van der Waals surface area contributed by atoms with E-state index in [1.54, 1.807) is 29.2 Å². The molecule has 2 atom stereocenters. The largest absolute Gasteiger partial charge is 0.452 e. The number of anilines is 2. The van der Waals surface area contributed by atoms with Gasteiger partial charge in [-0.05, 0) is 37.2 Å². The quantitative estimate of drug-likeness (QED) is 0.173. The van der Waals surface area contributed by atoms with Crippen molar-refractivity contribution in [3.05, 3.63) is 94.3 Å². The molecule has 0 radical (unpaired) electrons. The number of halogens is 2. The van der Waals surface area contributed by atoms with Gasteiger partial charge in [-0.3, -0.25) is 34.2 Å². The summed E-state index contributed by atoms with van der Waals surface area (Å²) in [6.07, 6.45) is 6.67. The molecule has 62 heavy (non-hydrogen) atoms. The van der Waals surface area contributed by atoms with E-state index >= 15 is 0 Å². The number of carbonyl (C=O) groups excluding carboxylic acids is 7. The molecule has 2 saturated heterocycles. The van der Waals surface area contributed by atoms with Crippen molar-refractivity contribution in [1.82, 2.24) is 49.5 Å². The first-order chi connectivity index (χ1) is 30.1. The van der Waals surface area contributed by atoms with Crippen LogP contribution in [0.25, 0.3) is 0 Å². The van der Waals surface area contributed by atoms with Gasteiger partial charge < -0.3 is 24.0 Å². The van der Waals surface area contributed by atoms with E-state index in [9.17, 15) is 24.0 Å². The highest BCUT2D eigenvalue weighted by Crippen LogP contribution is 2.37. The monoisotopic (exact) mass is 892 g/mol. The standard InChI is InChI=1S/C19H21ClN6O3.C18H17ClN6O5.CO2/c1-2-7-24-8-10-25(11-9-24)19(28)29-18-16-15(21-5-6-22-16)17(27)26(18)14-4-3-13(20)12-23-14;19-12-1-2-13(22-9-12)25-16(27)14-15(21-4-3-20-14)17(25)30-18(28)24-7-5-23(6-8-24)10-29-11-26;2-1-3/h3-6,12,18H,2,7-11H2,1H3;1-4,9,11,17H,5-8,10H2;. The maximum atomic E-state index is 12.9. The van der Waals surface area contributed by atoms with Gasteiger partial charge >= 0.3 is 18.3 Å². The minimum atomic E-state index is -1.10. The average Bonchev–Trinajstić information content (AvgIpc) is 3.73. The molecule has 2 unspecified atom stereocenters. The number of nitrogens with zero attached hydrogens (tertiary/aromatic N) is 12. The van der Waals surface area contributed by atoms with Crippen molar-refractivity contribution in [1.29, 1.82) is 0 Å². The van der Waals surface area contributed by atoms with Crippen LogP contribution in [0, 0.1) is 0 Å². The zero-order chi connectivity index (χ0) is 44.2. The van der Waals surface area contributed by atoms with Gasteiger partial charge in [-0.2, -0.15) is 9.59 Å². The van der Waals surface area contributed by atoms with E-state index in [0.29, 0.717) is 67.3 Å². The van der Waals surface area contributed by atoms with E-state index in [1.165, 1.54) is 51.9 Å². The highest BCUT2D eigenvalue weighted by atomic mass is 35.5. The van der Waals surface area contributed by atoms with Crippen molar-refractivity contribution in [2.45, 2.75) is 25.8 Å². The van der Waals surface area contributed by atoms with E-state index < -0.39 is 36.5 Å². The summed E-state index contributed by atoms with van der Waals surface area (Å²) < 4.78 is 16.1. The fraction of sp³-hybridized carbons (Fsp3) is 0.368. The molecule has 4 aromatic heterocycles. The zero-order valence-corrected chi connectivity index (χ0v) is 34.5. The van der Waals surface area contributed by atoms with Gasteiger partial charge in [0.05, 0.1) is 10.0 Å². The van der Waals surface area contributed by atoms with Crippen LogP contribution in [0.2, 0.25) is 10.0 Å². The molecule has 0 aliphatic carbocycles. The summed E-state index contributed by atoms with van der Waals surface area (Å²) in [5, 5.41) is 0.844. The number of hydrogen-bond donors (Lipinski definition) is 0. The van der Waals surface area contributed by atoms with Crippen molar-refractivity contribution in [2.24, 2.45) is 0 Å². The summed E-state index contributed by atoms with van der Waals surface area (Å²) >= 11 is 11.8. The number of rotatable bonds is 9. The number of pyridine rings is 2. The fourth-order valence-corrected chi connectivity index (χ4v) is 6.99. The summed E-state index contributed by atoms with van der Waals surface area (Å²) in [6, 6.07) is 6.35. The Morgan fingerprint density at radius 1 is 0.677 bits per heavy atom. The number of piperazine rings is 2. The number of amides is 4. The van der Waals surface area contributed by atoms with E-state index in [1.807, 2.05) is 4.90 Å². The summed E-state index contributed by atoms with van der Waals surface area (Å²) in [7, 11) is 0. The Labute approximate surface area is 363 Å². The van der Waals surface area contributed by atoms with Gasteiger partial charge in [0.25, 0.3) is 18.3 Å². The minimum absolute atomic E-state index is 0.0999. The van der Waals surface area contributed by atoms with Crippen molar-refractivity contribution < 1.29 is 47.8 Å². The topological polar surface area (TPSA) is 244 Å². The number of aromatic nitrogens is 6. The summed E-state index contributed by atoms with van der Waals surface area (Å²) in [4.78, 5) is 113. The van der Waals surface area contributed by atoms with E-state index in [2.05, 4.69) is 41.7 Å². The maximum absolute atomic E-state index is 12.9. The molecule has 24 heteroatoms. The first-order valence-corrected chi connectivity index (χ1v) is 19.8. The lowest BCUT2D eigenvalue weighted by Crippen LogP contribution is -2.50. The lowest BCUT2D eigenvalue weighted by atomic mass is 10.3. The van der Waals surface area contributed by atoms with Gasteiger partial charge in [-0.15, -0.1) is 0 Å². The van der Waals surface area contributed by atoms with Crippen molar-refractivity contribution in [2.75, 3.05) is 75.4 Å². The summed E-state index contributed by atoms with van der Waals surface area (Å²) in [5.74, 6) is -0.322. The van der Waals surface area contributed by atoms with Gasteiger partial charge in [-0.25, -0.2) is 39.3 Å². The van der Waals surface area contributed by atoms with Crippen LogP contribution in [-0.4, -0.2) is 152 Å². The molecule has 2 fully saturated rings. The van der Waals surface area contributed by atoms with Crippen LogP contribution in [0.5, 0.6) is 0 Å². The van der Waals surface area contributed by atoms with Gasteiger partial charge in [0.1, 0.15) is 29.8 Å². The molecular formula is C38H38Cl2N12O10. The summed E-state index contributed by atoms with van der Waals surface area (Å²) in [5.41, 5.74) is 0.788. The number of fused-ring (bicyclic) bond motifs is 2. The lowest BCUT2D eigenvalue weighted by Gasteiger charge is -2.35. The normalized spacial score (nSPS) is 18.3. The molecule has 4 aromatic rings. The van der Waals surface area contributed by atoms with Crippen molar-refractivity contribution >= 4 is 71.5 Å². The number of hydrogen-bond acceptors (Lipinski definition) is 18. The molecule has 0 aromatic carbocycles. The second-order valence-corrected chi connectivity index (χ2v) is 14.4. The van der Waals surface area contributed by atoms with Crippen LogP contribution < -0.4 is 9.80 Å². The first kappa shape index (κ1) is 44.8. The fourth-order valence-electron chi connectivity index (χ4n) is 6.77. The van der Waals surface area contributed by atoms with Crippen LogP contribution in [0.1, 0.15) is 58.2 Å². The average molecular weight is 894 g/mol. The molecule has 0 saturated carbocycles. The maximum Gasteiger partial charge on any atom is 0.412 e. The third-order valence-corrected chi connectivity index (χ3v) is 10.1. The highest BCUT2D eigenvalue weighted by molar-refractivity contribution is 6.30. The molecule has 324 valence electrons. The van der Waals surface area contributed by atoms with Crippen LogP contribution in [0.4, 0.5) is 21.2 Å². The number of ether oxygens (including phenoxy) is 3. The molecule has 0 N–H and O–H groups in total. The predicted molar refractivity (Wildman–Crippen MR) is 213 cm³/mol. The third kappa shape index (κ3) is 10.4. The SMILES string of the molecule is CCCN1CCN(C(=O)OC2c3nccnc3C(=O)N2c2ccc(Cl)cn2)CC1.O=C=O.O=COCN1CCN(C(=O)OC2c3nccnc3C(=O)N2c2ccc(Cl)cn2)CC1. The number of carbonyl (C=O) groups is 5. The van der Waals surface area contributed by atoms with Gasteiger partial charge in [0.2, 0.25) is 12.5 Å². The van der Waals surface area contributed by atoms with Crippen molar-refractivity contribution in [3.8, 4) is 0 Å². The Hall–Kier alpha value is -6.71. The molecule has 8 heterocycles. The molecule has 8 rings (SSSR count).